The van der Waals surface area contributed by atoms with E-state index in [1.807, 2.05) is 50.2 Å². The van der Waals surface area contributed by atoms with E-state index >= 15 is 0 Å². The minimum absolute atomic E-state index is 0.163. The fourth-order valence-corrected chi connectivity index (χ4v) is 9.21. The summed E-state index contributed by atoms with van der Waals surface area (Å²) in [7, 11) is 2.50. The molecule has 16 heteroatoms. The van der Waals surface area contributed by atoms with E-state index in [0.717, 1.165) is 46.2 Å². The molecule has 1 spiro atoms. The van der Waals surface area contributed by atoms with Crippen LogP contribution >= 0.6 is 0 Å². The molecule has 3 atom stereocenters. The molecular formula is C44H54F2N8O6. The normalized spacial score (nSPS) is 19.8. The zero-order valence-electron chi connectivity index (χ0n) is 35.0. The van der Waals surface area contributed by atoms with Crippen molar-refractivity contribution in [3.8, 4) is 33.6 Å². The molecular weight excluding hydrogens is 775 g/mol. The van der Waals surface area contributed by atoms with Gasteiger partial charge in [0, 0.05) is 31.3 Å². The van der Waals surface area contributed by atoms with Crippen LogP contribution in [0.2, 0.25) is 0 Å². The van der Waals surface area contributed by atoms with Crippen molar-refractivity contribution in [1.82, 2.24) is 40.4 Å². The summed E-state index contributed by atoms with van der Waals surface area (Å²) in [6.07, 6.45) is 5.67. The van der Waals surface area contributed by atoms with E-state index in [1.165, 1.54) is 20.6 Å². The van der Waals surface area contributed by atoms with Crippen LogP contribution in [-0.4, -0.2) is 99.6 Å². The minimum atomic E-state index is -2.82. The van der Waals surface area contributed by atoms with Crippen LogP contribution in [0.1, 0.15) is 108 Å². The smallest absolute Gasteiger partial charge is 0.407 e. The molecule has 2 unspecified atom stereocenters. The van der Waals surface area contributed by atoms with Crippen molar-refractivity contribution in [2.45, 2.75) is 102 Å². The molecule has 0 bridgehead atoms. The Morgan fingerprint density at radius 3 is 1.80 bits per heavy atom. The first-order chi connectivity index (χ1) is 28.7. The number of nitrogens with zero attached hydrogens (tertiary/aromatic N) is 4. The second-order valence-corrected chi connectivity index (χ2v) is 16.5. The molecule has 3 fully saturated rings. The largest absolute Gasteiger partial charge is 0.453 e. The van der Waals surface area contributed by atoms with Crippen LogP contribution in [0.5, 0.6) is 0 Å². The summed E-state index contributed by atoms with van der Waals surface area (Å²) in [5.74, 6) is -2.18. The number of benzene rings is 2. The Hall–Kier alpha value is -5.80. The van der Waals surface area contributed by atoms with E-state index in [0.29, 0.717) is 49.0 Å². The van der Waals surface area contributed by atoms with Crippen LogP contribution in [0.3, 0.4) is 0 Å². The maximum absolute atomic E-state index is 15.0. The summed E-state index contributed by atoms with van der Waals surface area (Å²) in [5, 5.41) is 5.12. The molecule has 4 aliphatic rings. The molecule has 320 valence electrons. The number of alkyl halides is 2. The number of nitrogens with one attached hydrogen (secondary N) is 4. The van der Waals surface area contributed by atoms with Crippen molar-refractivity contribution in [2.75, 3.05) is 33.9 Å². The molecule has 2 aromatic heterocycles. The monoisotopic (exact) mass is 828 g/mol. The van der Waals surface area contributed by atoms with Crippen LogP contribution in [0.4, 0.5) is 18.4 Å². The van der Waals surface area contributed by atoms with Gasteiger partial charge in [-0.3, -0.25) is 9.59 Å². The van der Waals surface area contributed by atoms with Gasteiger partial charge in [-0.1, -0.05) is 58.4 Å². The second kappa shape index (κ2) is 17.1. The highest BCUT2D eigenvalue weighted by molar-refractivity contribution is 5.88. The molecule has 4 heterocycles. The van der Waals surface area contributed by atoms with Gasteiger partial charge in [-0.05, 0) is 77.1 Å². The van der Waals surface area contributed by atoms with E-state index < -0.39 is 29.6 Å². The first-order valence-corrected chi connectivity index (χ1v) is 20.8. The Labute approximate surface area is 348 Å². The number of alkyl carbamates (subject to hydrolysis) is 2. The third-order valence-electron chi connectivity index (χ3n) is 12.0. The molecule has 4 aromatic rings. The van der Waals surface area contributed by atoms with Gasteiger partial charge in [0.2, 0.25) is 11.8 Å². The number of carbonyl (C=O) groups is 4. The highest BCUT2D eigenvalue weighted by Crippen LogP contribution is 2.64. The summed E-state index contributed by atoms with van der Waals surface area (Å²) < 4.78 is 39.3. The number of hydrogen-bond donors (Lipinski definition) is 4. The Morgan fingerprint density at radius 2 is 1.32 bits per heavy atom. The van der Waals surface area contributed by atoms with Gasteiger partial charge in [-0.25, -0.2) is 28.3 Å². The molecule has 2 aliphatic heterocycles. The van der Waals surface area contributed by atoms with E-state index in [-0.39, 0.29) is 49.2 Å². The van der Waals surface area contributed by atoms with Crippen molar-refractivity contribution in [1.29, 1.82) is 0 Å². The molecule has 14 nitrogen and oxygen atoms in total. The molecule has 2 aliphatic carbocycles. The van der Waals surface area contributed by atoms with Crippen LogP contribution in [-0.2, 0) is 24.5 Å². The van der Waals surface area contributed by atoms with E-state index in [9.17, 15) is 28.0 Å². The lowest BCUT2D eigenvalue weighted by Crippen LogP contribution is -2.51. The summed E-state index contributed by atoms with van der Waals surface area (Å²) in [5.41, 5.74) is 5.63. The zero-order chi connectivity index (χ0) is 42.9. The lowest BCUT2D eigenvalue weighted by molar-refractivity contribution is -0.135. The van der Waals surface area contributed by atoms with Gasteiger partial charge >= 0.3 is 12.2 Å². The van der Waals surface area contributed by atoms with Crippen LogP contribution in [0, 0.1) is 5.92 Å². The molecule has 60 heavy (non-hydrogen) atoms. The Bertz CT molecular complexity index is 2250. The number of rotatable bonds is 9. The zero-order valence-corrected chi connectivity index (χ0v) is 35.0. The first-order valence-electron chi connectivity index (χ1n) is 20.8. The fraction of sp³-hybridized carbons (Fsp3) is 0.500. The third-order valence-corrected chi connectivity index (χ3v) is 12.0. The Balaban J connectivity index is 0.00000176. The molecule has 8 rings (SSSR count). The average molecular weight is 829 g/mol. The molecule has 1 saturated carbocycles. The predicted molar refractivity (Wildman–Crippen MR) is 220 cm³/mol. The van der Waals surface area contributed by atoms with Crippen molar-refractivity contribution in [2.24, 2.45) is 5.92 Å². The number of amides is 4. The van der Waals surface area contributed by atoms with Gasteiger partial charge in [-0.15, -0.1) is 0 Å². The van der Waals surface area contributed by atoms with Crippen LogP contribution in [0.25, 0.3) is 33.6 Å². The quantitative estimate of drug-likeness (QED) is 0.133. The number of likely N-dealkylation sites (tertiary alicyclic amines) is 2. The maximum Gasteiger partial charge on any atom is 0.407 e. The second-order valence-electron chi connectivity index (χ2n) is 16.5. The van der Waals surface area contributed by atoms with Crippen molar-refractivity contribution in [3.05, 3.63) is 71.6 Å². The Kier molecular flexibility index (Phi) is 12.0. The van der Waals surface area contributed by atoms with Gasteiger partial charge in [0.05, 0.1) is 50.1 Å². The third kappa shape index (κ3) is 7.95. The minimum Gasteiger partial charge on any atom is -0.453 e. The van der Waals surface area contributed by atoms with E-state index in [1.54, 1.807) is 22.2 Å². The SMILES string of the molecule is CCC.COC(=O)NCC(=O)N1CCCC1c1ncc(-c2ccc3c(c2)C2(CC(F)(F)C2)c2cc(-c4cnc([C@@H]5CCCN5C(=O)C(NC(=O)OC)C(C)C)[nH]4)ccc2-3)[nH]1. The number of halogens is 2. The number of imidazole rings is 2. The number of fused-ring (bicyclic) bond motifs is 5. The van der Waals surface area contributed by atoms with Crippen molar-refractivity contribution in [3.63, 3.8) is 0 Å². The molecule has 2 saturated heterocycles. The van der Waals surface area contributed by atoms with E-state index in [4.69, 9.17) is 9.72 Å². The van der Waals surface area contributed by atoms with Gasteiger partial charge in [-0.2, -0.15) is 0 Å². The number of ether oxygens (including phenoxy) is 2. The first kappa shape index (κ1) is 42.3. The van der Waals surface area contributed by atoms with Crippen LogP contribution in [0.15, 0.2) is 48.8 Å². The van der Waals surface area contributed by atoms with Crippen molar-refractivity contribution >= 4 is 24.0 Å². The average Bonchev–Trinajstić information content (AvgIpc) is 4.08. The summed E-state index contributed by atoms with van der Waals surface area (Å²) in [4.78, 5) is 69.8. The topological polar surface area (TPSA) is 175 Å². The lowest BCUT2D eigenvalue weighted by Gasteiger charge is -2.46. The van der Waals surface area contributed by atoms with Gasteiger partial charge in [0.15, 0.2) is 0 Å². The van der Waals surface area contributed by atoms with Crippen molar-refractivity contribution < 1.29 is 37.4 Å². The number of carbonyl (C=O) groups excluding carboxylic acids is 4. The van der Waals surface area contributed by atoms with Gasteiger partial charge in [0.1, 0.15) is 24.2 Å². The molecule has 2 aromatic carbocycles. The predicted octanol–water partition coefficient (Wildman–Crippen LogP) is 7.64. The number of methoxy groups -OCH3 is 2. The van der Waals surface area contributed by atoms with E-state index in [2.05, 4.69) is 44.2 Å². The van der Waals surface area contributed by atoms with Gasteiger partial charge in [0.25, 0.3) is 5.92 Å². The summed E-state index contributed by atoms with van der Waals surface area (Å²) in [6, 6.07) is 10.5. The molecule has 4 amide bonds. The maximum atomic E-state index is 15.0. The summed E-state index contributed by atoms with van der Waals surface area (Å²) >= 11 is 0. The molecule has 0 radical (unpaired) electrons. The fourth-order valence-electron chi connectivity index (χ4n) is 9.21. The highest BCUT2D eigenvalue weighted by Gasteiger charge is 2.61. The standard InChI is InChI=1S/C41H46F2N8O6.C3H8/c1-22(2)34(49-39(55)57-4)37(53)51-14-6-8-32(51)36-45-18-30(48-36)24-10-12-26-25-11-9-23(15-27(25)40(28(26)16-24)20-41(42,43)21-40)29-17-44-35(47-29)31-7-5-13-50(31)33(52)19-46-38(54)56-3;1-3-2/h9-12,15-18,22,31-32,34H,5-8,13-14,19-21H2,1-4H3,(H,44,47)(H,45,48)(H,46,54)(H,49,55);3H2,1-2H3/t31?,32-,34?;/m0./s1. The van der Waals surface area contributed by atoms with Crippen LogP contribution < -0.4 is 10.6 Å². The Morgan fingerprint density at radius 1 is 0.817 bits per heavy atom. The number of hydrogen-bond acceptors (Lipinski definition) is 8. The summed E-state index contributed by atoms with van der Waals surface area (Å²) in [6.45, 7) is 8.85. The lowest BCUT2D eigenvalue weighted by atomic mass is 9.60. The number of H-pyrrole nitrogens is 2. The number of aromatic nitrogens is 4. The van der Waals surface area contributed by atoms with Gasteiger partial charge < -0.3 is 39.9 Å². The highest BCUT2D eigenvalue weighted by atomic mass is 19.3. The number of aromatic amines is 2. The molecule has 4 N–H and O–H groups in total.